The highest BCUT2D eigenvalue weighted by Gasteiger charge is 2.22. The summed E-state index contributed by atoms with van der Waals surface area (Å²) in [6, 6.07) is 4.54. The predicted octanol–water partition coefficient (Wildman–Crippen LogP) is 2.33. The fourth-order valence-electron chi connectivity index (χ4n) is 2.57. The maximum atomic E-state index is 11.8. The zero-order valence-corrected chi connectivity index (χ0v) is 15.7. The SMILES string of the molecule is COC(=O)c1cccc(O)c1CC[C@@H](CCC(=O)OC(C)(C)C)C(N)=O. The first-order valence-corrected chi connectivity index (χ1v) is 8.45. The summed E-state index contributed by atoms with van der Waals surface area (Å²) in [5, 5.41) is 10.0. The van der Waals surface area contributed by atoms with Gasteiger partial charge >= 0.3 is 11.9 Å². The zero-order valence-electron chi connectivity index (χ0n) is 15.7. The van der Waals surface area contributed by atoms with Crippen molar-refractivity contribution in [3.8, 4) is 5.75 Å². The largest absolute Gasteiger partial charge is 0.508 e. The van der Waals surface area contributed by atoms with Gasteiger partial charge in [0.05, 0.1) is 12.7 Å². The molecule has 0 radical (unpaired) electrons. The summed E-state index contributed by atoms with van der Waals surface area (Å²) in [6.07, 6.45) is 0.847. The van der Waals surface area contributed by atoms with Gasteiger partial charge in [-0.3, -0.25) is 9.59 Å². The van der Waals surface area contributed by atoms with E-state index in [9.17, 15) is 19.5 Å². The van der Waals surface area contributed by atoms with Crippen LogP contribution in [0.1, 0.15) is 56.0 Å². The molecule has 0 aromatic heterocycles. The summed E-state index contributed by atoms with van der Waals surface area (Å²) in [6.45, 7) is 5.30. The fraction of sp³-hybridized carbons (Fsp3) is 0.526. The van der Waals surface area contributed by atoms with Crippen LogP contribution < -0.4 is 5.73 Å². The third-order valence-corrected chi connectivity index (χ3v) is 3.82. The number of methoxy groups -OCH3 is 1. The Morgan fingerprint density at radius 3 is 2.38 bits per heavy atom. The molecule has 7 heteroatoms. The number of aromatic hydroxyl groups is 1. The van der Waals surface area contributed by atoms with Crippen LogP contribution in [0, 0.1) is 5.92 Å². The number of rotatable bonds is 8. The summed E-state index contributed by atoms with van der Waals surface area (Å²) < 4.78 is 9.93. The van der Waals surface area contributed by atoms with E-state index < -0.39 is 29.4 Å². The van der Waals surface area contributed by atoms with E-state index in [2.05, 4.69) is 0 Å². The molecule has 0 spiro atoms. The fourth-order valence-corrected chi connectivity index (χ4v) is 2.57. The van der Waals surface area contributed by atoms with Crippen molar-refractivity contribution in [2.24, 2.45) is 11.7 Å². The molecular weight excluding hydrogens is 338 g/mol. The van der Waals surface area contributed by atoms with E-state index in [0.29, 0.717) is 12.0 Å². The molecule has 0 unspecified atom stereocenters. The first-order valence-electron chi connectivity index (χ1n) is 8.45. The number of carbonyl (C=O) groups is 3. The van der Waals surface area contributed by atoms with Gasteiger partial charge in [0.1, 0.15) is 11.4 Å². The molecule has 0 saturated heterocycles. The van der Waals surface area contributed by atoms with Gasteiger partial charge in [0.15, 0.2) is 0 Å². The summed E-state index contributed by atoms with van der Waals surface area (Å²) in [5.74, 6) is -2.14. The summed E-state index contributed by atoms with van der Waals surface area (Å²) in [5.41, 5.74) is 5.47. The van der Waals surface area contributed by atoms with Crippen LogP contribution in [0.2, 0.25) is 0 Å². The summed E-state index contributed by atoms with van der Waals surface area (Å²) >= 11 is 0. The van der Waals surface area contributed by atoms with E-state index in [4.69, 9.17) is 15.2 Å². The Hall–Kier alpha value is -2.57. The molecule has 1 aromatic rings. The van der Waals surface area contributed by atoms with Crippen molar-refractivity contribution in [2.75, 3.05) is 7.11 Å². The van der Waals surface area contributed by atoms with E-state index in [1.807, 2.05) is 0 Å². The molecule has 0 bridgehead atoms. The minimum Gasteiger partial charge on any atom is -0.508 e. The van der Waals surface area contributed by atoms with Crippen molar-refractivity contribution in [1.29, 1.82) is 0 Å². The lowest BCUT2D eigenvalue weighted by molar-refractivity contribution is -0.155. The average molecular weight is 365 g/mol. The van der Waals surface area contributed by atoms with Gasteiger partial charge in [-0.2, -0.15) is 0 Å². The first-order chi connectivity index (χ1) is 12.0. The van der Waals surface area contributed by atoms with Gasteiger partial charge < -0.3 is 20.3 Å². The third-order valence-electron chi connectivity index (χ3n) is 3.82. The molecule has 0 aliphatic rings. The minimum atomic E-state index is -0.593. The summed E-state index contributed by atoms with van der Waals surface area (Å²) in [7, 11) is 1.25. The van der Waals surface area contributed by atoms with Gasteiger partial charge in [0.25, 0.3) is 0 Å². The van der Waals surface area contributed by atoms with Crippen molar-refractivity contribution in [3.63, 3.8) is 0 Å². The lowest BCUT2D eigenvalue weighted by Gasteiger charge is -2.20. The number of benzene rings is 1. The standard InChI is InChI=1S/C19H27NO6/c1-19(2,3)26-16(22)11-9-12(17(20)23)8-10-13-14(18(24)25-4)6-5-7-15(13)21/h5-7,12,21H,8-11H2,1-4H3,(H2,20,23)/t12-/m0/s1. The maximum absolute atomic E-state index is 11.8. The molecule has 1 atom stereocenters. The van der Waals surface area contributed by atoms with Crippen LogP contribution in [-0.2, 0) is 25.5 Å². The molecule has 3 N–H and O–H groups in total. The third kappa shape index (κ3) is 6.74. The predicted molar refractivity (Wildman–Crippen MR) is 95.5 cm³/mol. The lowest BCUT2D eigenvalue weighted by Crippen LogP contribution is -2.27. The number of phenols is 1. The minimum absolute atomic E-state index is 0.0525. The Bertz CT molecular complexity index is 662. The van der Waals surface area contributed by atoms with Crippen molar-refractivity contribution in [1.82, 2.24) is 0 Å². The molecule has 7 nitrogen and oxygen atoms in total. The van der Waals surface area contributed by atoms with E-state index in [1.54, 1.807) is 32.9 Å². The molecule has 0 aliphatic heterocycles. The average Bonchev–Trinajstić information content (AvgIpc) is 2.53. The molecule has 1 aromatic carbocycles. The van der Waals surface area contributed by atoms with E-state index in [1.165, 1.54) is 13.2 Å². The highest BCUT2D eigenvalue weighted by atomic mass is 16.6. The quantitative estimate of drug-likeness (QED) is 0.683. The van der Waals surface area contributed by atoms with Crippen LogP contribution in [0.25, 0.3) is 0 Å². The molecule has 0 fully saturated rings. The van der Waals surface area contributed by atoms with Gasteiger partial charge in [-0.1, -0.05) is 6.07 Å². The Balaban J connectivity index is 2.77. The number of hydrogen-bond acceptors (Lipinski definition) is 6. The van der Waals surface area contributed by atoms with E-state index in [0.717, 1.165) is 0 Å². The van der Waals surface area contributed by atoms with Crippen LogP contribution in [0.5, 0.6) is 5.75 Å². The number of amides is 1. The molecule has 0 saturated carbocycles. The van der Waals surface area contributed by atoms with Gasteiger partial charge in [-0.25, -0.2) is 4.79 Å². The number of primary amides is 1. The number of nitrogens with two attached hydrogens (primary N) is 1. The van der Waals surface area contributed by atoms with Gasteiger partial charge in [0.2, 0.25) is 5.91 Å². The molecule has 0 aliphatic carbocycles. The smallest absolute Gasteiger partial charge is 0.338 e. The van der Waals surface area contributed by atoms with Crippen LogP contribution in [0.4, 0.5) is 0 Å². The van der Waals surface area contributed by atoms with E-state index in [-0.39, 0.29) is 30.6 Å². The van der Waals surface area contributed by atoms with Crippen LogP contribution in [0.15, 0.2) is 18.2 Å². The number of phenolic OH excluding ortho intramolecular Hbond substituents is 1. The molecular formula is C19H27NO6. The number of carbonyl (C=O) groups excluding carboxylic acids is 3. The summed E-state index contributed by atoms with van der Waals surface area (Å²) in [4.78, 5) is 35.3. The van der Waals surface area contributed by atoms with Crippen molar-refractivity contribution in [2.45, 2.75) is 52.1 Å². The second kappa shape index (κ2) is 9.22. The Morgan fingerprint density at radius 2 is 1.85 bits per heavy atom. The van der Waals surface area contributed by atoms with Crippen LogP contribution >= 0.6 is 0 Å². The molecule has 26 heavy (non-hydrogen) atoms. The van der Waals surface area contributed by atoms with Crippen molar-refractivity contribution >= 4 is 17.8 Å². The second-order valence-electron chi connectivity index (χ2n) is 7.06. The second-order valence-corrected chi connectivity index (χ2v) is 7.06. The maximum Gasteiger partial charge on any atom is 0.338 e. The van der Waals surface area contributed by atoms with Gasteiger partial charge in [0, 0.05) is 17.9 Å². The number of ether oxygens (including phenoxy) is 2. The van der Waals surface area contributed by atoms with Crippen molar-refractivity contribution < 1.29 is 29.0 Å². The van der Waals surface area contributed by atoms with Gasteiger partial charge in [-0.15, -0.1) is 0 Å². The highest BCUT2D eigenvalue weighted by Crippen LogP contribution is 2.26. The van der Waals surface area contributed by atoms with Crippen LogP contribution in [0.3, 0.4) is 0 Å². The topological polar surface area (TPSA) is 116 Å². The normalized spacial score (nSPS) is 12.3. The molecule has 0 heterocycles. The lowest BCUT2D eigenvalue weighted by atomic mass is 9.92. The van der Waals surface area contributed by atoms with Gasteiger partial charge in [-0.05, 0) is 52.2 Å². The highest BCUT2D eigenvalue weighted by molar-refractivity contribution is 5.91. The van der Waals surface area contributed by atoms with E-state index >= 15 is 0 Å². The number of hydrogen-bond donors (Lipinski definition) is 2. The zero-order chi connectivity index (χ0) is 19.9. The Labute approximate surface area is 153 Å². The van der Waals surface area contributed by atoms with Crippen LogP contribution in [-0.4, -0.2) is 35.7 Å². The first kappa shape index (κ1) is 21.5. The Kier molecular flexibility index (Phi) is 7.61. The monoisotopic (exact) mass is 365 g/mol. The van der Waals surface area contributed by atoms with Crippen molar-refractivity contribution in [3.05, 3.63) is 29.3 Å². The molecule has 144 valence electrons. The number of esters is 2. The molecule has 1 rings (SSSR count). The Morgan fingerprint density at radius 1 is 1.19 bits per heavy atom. The molecule has 1 amide bonds.